The molecular weight excluding hydrogens is 604 g/mol. The average molecular weight is 650 g/mol. The molecule has 3 atom stereocenters. The van der Waals surface area contributed by atoms with E-state index in [-0.39, 0.29) is 5.82 Å². The van der Waals surface area contributed by atoms with Gasteiger partial charge < -0.3 is 15.0 Å². The number of nitrogens with one attached hydrogen (secondary N) is 1. The number of hydrogen-bond acceptors (Lipinski definition) is 6. The molecule has 2 bridgehead atoms. The number of allylic oxidation sites excluding steroid dienone is 2. The van der Waals surface area contributed by atoms with Crippen LogP contribution in [0.15, 0.2) is 41.9 Å². The highest BCUT2D eigenvalue weighted by Crippen LogP contribution is 2.37. The van der Waals surface area contributed by atoms with Gasteiger partial charge in [-0.1, -0.05) is 49.4 Å². The fourth-order valence-corrected chi connectivity index (χ4v) is 7.58. The first kappa shape index (κ1) is 33.0. The number of benzene rings is 2. The van der Waals surface area contributed by atoms with Gasteiger partial charge in [-0.15, -0.1) is 0 Å². The maximum atomic E-state index is 14.9. The van der Waals surface area contributed by atoms with Crippen molar-refractivity contribution in [3.8, 4) is 0 Å². The lowest BCUT2D eigenvalue weighted by Crippen LogP contribution is -2.51. The van der Waals surface area contributed by atoms with Crippen LogP contribution in [0.2, 0.25) is 0 Å². The van der Waals surface area contributed by atoms with Gasteiger partial charge in [-0.2, -0.15) is 0 Å². The van der Waals surface area contributed by atoms with Crippen molar-refractivity contribution in [1.82, 2.24) is 20.2 Å². The summed E-state index contributed by atoms with van der Waals surface area (Å²) < 4.78 is 35.4. The Morgan fingerprint density at radius 3 is 2.67 bits per heavy atom. The number of piperazine rings is 1. The third kappa shape index (κ3) is 7.15. The Kier molecular flexibility index (Phi) is 10.7. The summed E-state index contributed by atoms with van der Waals surface area (Å²) in [5.74, 6) is 1.16. The van der Waals surface area contributed by atoms with Crippen molar-refractivity contribution in [2.75, 3.05) is 44.3 Å². The van der Waals surface area contributed by atoms with E-state index in [2.05, 4.69) is 28.6 Å². The van der Waals surface area contributed by atoms with Crippen molar-refractivity contribution in [1.29, 1.82) is 0 Å². The summed E-state index contributed by atoms with van der Waals surface area (Å²) >= 11 is 7.03. The first-order valence-corrected chi connectivity index (χ1v) is 17.3. The highest BCUT2D eigenvalue weighted by Gasteiger charge is 2.34. The zero-order valence-electron chi connectivity index (χ0n) is 27.1. The molecule has 3 fully saturated rings. The van der Waals surface area contributed by atoms with Crippen molar-refractivity contribution in [3.05, 3.63) is 76.0 Å². The normalized spacial score (nSPS) is 22.4. The van der Waals surface area contributed by atoms with E-state index in [1.54, 1.807) is 12.1 Å². The van der Waals surface area contributed by atoms with E-state index >= 15 is 0 Å². The predicted octanol–water partition coefficient (Wildman–Crippen LogP) is 7.47. The molecule has 246 valence electrons. The van der Waals surface area contributed by atoms with Crippen LogP contribution in [0.25, 0.3) is 22.4 Å². The van der Waals surface area contributed by atoms with Gasteiger partial charge in [0, 0.05) is 61.4 Å². The molecule has 3 unspecified atom stereocenters. The van der Waals surface area contributed by atoms with Crippen LogP contribution in [-0.2, 0) is 24.3 Å². The van der Waals surface area contributed by atoms with Crippen LogP contribution in [0, 0.1) is 5.82 Å². The second-order valence-electron chi connectivity index (χ2n) is 13.0. The van der Waals surface area contributed by atoms with Crippen LogP contribution in [0.5, 0.6) is 0 Å². The van der Waals surface area contributed by atoms with Crippen LogP contribution in [0.1, 0.15) is 74.2 Å². The zero-order valence-corrected chi connectivity index (χ0v) is 27.9. The molecule has 1 N–H and O–H groups in total. The quantitative estimate of drug-likeness (QED) is 0.172. The van der Waals surface area contributed by atoms with Crippen molar-refractivity contribution >= 4 is 39.8 Å². The third-order valence-electron chi connectivity index (χ3n) is 9.95. The Morgan fingerprint density at radius 1 is 1.11 bits per heavy atom. The molecule has 1 aromatic heterocycles. The molecule has 46 heavy (non-hydrogen) atoms. The Bertz CT molecular complexity index is 1580. The SMILES string of the molecule is C=C(/C(Cl)=C\c1c(CF)nc(CCCCN2CCOCCC2C)nc1N1CC2CCC(C1)N2)c1cccc2ccc(F)c(CC)c12. The predicted molar refractivity (Wildman–Crippen MR) is 185 cm³/mol. The Hall–Kier alpha value is -2.91. The number of rotatable bonds is 11. The van der Waals surface area contributed by atoms with Gasteiger partial charge in [0.1, 0.15) is 24.1 Å². The summed E-state index contributed by atoms with van der Waals surface area (Å²) in [4.78, 5) is 14.6. The summed E-state index contributed by atoms with van der Waals surface area (Å²) in [6, 6.07) is 10.4. The van der Waals surface area contributed by atoms with E-state index in [0.717, 1.165) is 93.7 Å². The summed E-state index contributed by atoms with van der Waals surface area (Å²) in [5, 5.41) is 5.78. The minimum atomic E-state index is -0.727. The number of alkyl halides is 1. The summed E-state index contributed by atoms with van der Waals surface area (Å²) in [5.41, 5.74) is 2.89. The first-order chi connectivity index (χ1) is 22.4. The maximum Gasteiger partial charge on any atom is 0.140 e. The topological polar surface area (TPSA) is 53.5 Å². The molecule has 3 aliphatic heterocycles. The Balaban J connectivity index is 1.30. The number of nitrogens with zero attached hydrogens (tertiary/aromatic N) is 4. The van der Waals surface area contributed by atoms with Crippen molar-refractivity contribution in [2.45, 2.75) is 83.6 Å². The number of ether oxygens (including phenoxy) is 1. The number of halogens is 3. The second-order valence-corrected chi connectivity index (χ2v) is 13.4. The van der Waals surface area contributed by atoms with E-state index in [9.17, 15) is 8.78 Å². The fourth-order valence-electron chi connectivity index (χ4n) is 7.36. The maximum absolute atomic E-state index is 14.9. The van der Waals surface area contributed by atoms with Crippen LogP contribution in [-0.4, -0.2) is 72.4 Å². The number of aromatic nitrogens is 2. The van der Waals surface area contributed by atoms with E-state index in [1.165, 1.54) is 6.07 Å². The van der Waals surface area contributed by atoms with Gasteiger partial charge in [0.15, 0.2) is 0 Å². The largest absolute Gasteiger partial charge is 0.380 e. The van der Waals surface area contributed by atoms with Crippen molar-refractivity contribution in [2.24, 2.45) is 0 Å². The summed E-state index contributed by atoms with van der Waals surface area (Å²) in [6.07, 6.45) is 8.23. The van der Waals surface area contributed by atoms with Crippen LogP contribution in [0.4, 0.5) is 14.6 Å². The average Bonchev–Trinajstić information content (AvgIpc) is 3.27. The summed E-state index contributed by atoms with van der Waals surface area (Å²) in [6.45, 7) is 13.0. The van der Waals surface area contributed by atoms with Gasteiger partial charge in [-0.05, 0) is 91.6 Å². The third-order valence-corrected chi connectivity index (χ3v) is 10.3. The van der Waals surface area contributed by atoms with E-state index in [1.807, 2.05) is 25.1 Å². The highest BCUT2D eigenvalue weighted by molar-refractivity contribution is 6.39. The molecule has 0 spiro atoms. The van der Waals surface area contributed by atoms with Gasteiger partial charge in [0.2, 0.25) is 0 Å². The van der Waals surface area contributed by atoms with Gasteiger partial charge in [-0.25, -0.2) is 18.7 Å². The molecule has 2 aromatic carbocycles. The first-order valence-electron chi connectivity index (χ1n) is 16.9. The summed E-state index contributed by atoms with van der Waals surface area (Å²) in [7, 11) is 0. The number of fused-ring (bicyclic) bond motifs is 3. The molecule has 0 amide bonds. The van der Waals surface area contributed by atoms with E-state index in [0.29, 0.717) is 64.2 Å². The molecule has 4 heterocycles. The standard InChI is InChI=1S/C37H46ClF2N5O/c1-4-29-33(40)14-11-26-8-7-9-30(36(26)29)25(3)32(38)20-31-34(21-39)42-35(10-5-6-16-44-17-19-46-18-15-24(44)2)43-37(31)45-22-27-12-13-28(23-45)41-27/h7-9,11,14,20,24,27-28,41H,3-6,10,12-13,15-19,21-23H2,1-2H3/b32-20+. The monoisotopic (exact) mass is 649 g/mol. The number of hydrogen-bond donors (Lipinski definition) is 1. The number of aryl methyl sites for hydroxylation is 2. The van der Waals surface area contributed by atoms with Gasteiger partial charge >= 0.3 is 0 Å². The molecule has 0 aliphatic carbocycles. The Morgan fingerprint density at radius 2 is 1.91 bits per heavy atom. The number of unbranched alkanes of at least 4 members (excludes halogenated alkanes) is 1. The fraction of sp³-hybridized carbons (Fsp3) is 0.514. The Labute approximate surface area is 276 Å². The minimum Gasteiger partial charge on any atom is -0.380 e. The minimum absolute atomic E-state index is 0.246. The molecule has 6 rings (SSSR count). The molecule has 3 aromatic rings. The van der Waals surface area contributed by atoms with Crippen molar-refractivity contribution < 1.29 is 13.5 Å². The molecule has 0 radical (unpaired) electrons. The van der Waals surface area contributed by atoms with Gasteiger partial charge in [0.25, 0.3) is 0 Å². The molecule has 3 aliphatic rings. The van der Waals surface area contributed by atoms with Crippen LogP contribution >= 0.6 is 11.6 Å². The number of anilines is 1. The molecule has 0 saturated carbocycles. The molecule has 9 heteroatoms. The lowest BCUT2D eigenvalue weighted by molar-refractivity contribution is 0.140. The zero-order chi connectivity index (χ0) is 32.2. The second kappa shape index (κ2) is 14.9. The van der Waals surface area contributed by atoms with Crippen LogP contribution < -0.4 is 10.2 Å². The smallest absolute Gasteiger partial charge is 0.140 e. The van der Waals surface area contributed by atoms with E-state index < -0.39 is 6.67 Å². The van der Waals surface area contributed by atoms with Gasteiger partial charge in [-0.3, -0.25) is 4.90 Å². The lowest BCUT2D eigenvalue weighted by atomic mass is 9.93. The van der Waals surface area contributed by atoms with E-state index in [4.69, 9.17) is 26.3 Å². The highest BCUT2D eigenvalue weighted by atomic mass is 35.5. The molecule has 3 saturated heterocycles. The van der Waals surface area contributed by atoms with Crippen LogP contribution in [0.3, 0.4) is 0 Å². The van der Waals surface area contributed by atoms with Gasteiger partial charge in [0.05, 0.1) is 12.3 Å². The molecule has 6 nitrogen and oxygen atoms in total. The molecular formula is C37H46ClF2N5O. The van der Waals surface area contributed by atoms with Crippen molar-refractivity contribution in [3.63, 3.8) is 0 Å². The lowest BCUT2D eigenvalue weighted by Gasteiger charge is -2.35.